The Balaban J connectivity index is 1.13. The Labute approximate surface area is 259 Å². The second-order valence-electron chi connectivity index (χ2n) is 13.5. The molecule has 2 aliphatic carbocycles. The predicted molar refractivity (Wildman–Crippen MR) is 167 cm³/mol. The highest BCUT2D eigenvalue weighted by Crippen LogP contribution is 2.48. The molecule has 4 fully saturated rings. The van der Waals surface area contributed by atoms with Gasteiger partial charge in [-0.15, -0.1) is 11.6 Å². The molecule has 9 atom stereocenters. The van der Waals surface area contributed by atoms with Crippen molar-refractivity contribution < 1.29 is 14.6 Å². The van der Waals surface area contributed by atoms with E-state index < -0.39 is 5.97 Å². The Morgan fingerprint density at radius 2 is 1.95 bits per heavy atom. The summed E-state index contributed by atoms with van der Waals surface area (Å²) in [6, 6.07) is 0.686. The van der Waals surface area contributed by atoms with Crippen LogP contribution in [0.5, 0.6) is 0 Å². The van der Waals surface area contributed by atoms with Gasteiger partial charge in [0.15, 0.2) is 0 Å². The van der Waals surface area contributed by atoms with E-state index in [1.165, 1.54) is 0 Å². The summed E-state index contributed by atoms with van der Waals surface area (Å²) in [6.45, 7) is 9.39. The van der Waals surface area contributed by atoms with Crippen LogP contribution in [0.2, 0.25) is 0 Å². The molecule has 0 amide bonds. The smallest absolute Gasteiger partial charge is 0.308 e. The maximum atomic E-state index is 13.8. The van der Waals surface area contributed by atoms with Crippen molar-refractivity contribution in [2.75, 3.05) is 45.6 Å². The molecule has 0 radical (unpaired) electrons. The van der Waals surface area contributed by atoms with Crippen LogP contribution in [0.1, 0.15) is 56.1 Å². The average Bonchev–Trinajstić information content (AvgIpc) is 3.39. The van der Waals surface area contributed by atoms with Gasteiger partial charge in [0.1, 0.15) is 5.82 Å². The average molecular weight is 622 g/mol. The fourth-order valence-electron chi connectivity index (χ4n) is 8.48. The number of carbonyl (C=O) groups is 1. The number of likely N-dealkylation sites (N-methyl/N-ethyl adjacent to an activating group) is 1. The molecule has 2 N–H and O–H groups in total. The summed E-state index contributed by atoms with van der Waals surface area (Å²) in [5.41, 5.74) is 2.00. The lowest BCUT2D eigenvalue weighted by Gasteiger charge is -2.47. The third-order valence-corrected chi connectivity index (χ3v) is 12.8. The molecule has 42 heavy (non-hydrogen) atoms. The van der Waals surface area contributed by atoms with E-state index in [4.69, 9.17) is 21.3 Å². The Kier molecular flexibility index (Phi) is 9.58. The van der Waals surface area contributed by atoms with Crippen molar-refractivity contribution in [3.8, 4) is 0 Å². The van der Waals surface area contributed by atoms with E-state index in [2.05, 4.69) is 29.1 Å². The number of carboxylic acid groups (broad SMARTS) is 1. The van der Waals surface area contributed by atoms with Crippen LogP contribution < -0.4 is 10.9 Å². The van der Waals surface area contributed by atoms with E-state index in [0.717, 1.165) is 88.2 Å². The highest BCUT2D eigenvalue weighted by Gasteiger charge is 2.51. The quantitative estimate of drug-likeness (QED) is 0.445. The number of thioether (sulfide) groups is 1. The lowest BCUT2D eigenvalue weighted by Crippen LogP contribution is -2.57. The van der Waals surface area contributed by atoms with Crippen LogP contribution in [0.3, 0.4) is 0 Å². The van der Waals surface area contributed by atoms with Crippen LogP contribution in [0.25, 0.3) is 0 Å². The molecule has 1 aromatic heterocycles. The first kappa shape index (κ1) is 30.8. The summed E-state index contributed by atoms with van der Waals surface area (Å²) in [7, 11) is 2.18. The van der Waals surface area contributed by atoms with E-state index in [-0.39, 0.29) is 40.3 Å². The van der Waals surface area contributed by atoms with Crippen molar-refractivity contribution in [2.45, 2.75) is 100 Å². The van der Waals surface area contributed by atoms with Crippen LogP contribution in [0.15, 0.2) is 4.79 Å². The summed E-state index contributed by atoms with van der Waals surface area (Å²) in [5.74, 6) is 1.06. The fraction of sp³-hybridized carbons (Fsp3) is 0.839. The minimum absolute atomic E-state index is 0.00456. The highest BCUT2D eigenvalue weighted by molar-refractivity contribution is 8.00. The van der Waals surface area contributed by atoms with Gasteiger partial charge in [-0.05, 0) is 77.7 Å². The number of nitrogens with one attached hydrogen (secondary N) is 1. The molecular weight excluding hydrogens is 574 g/mol. The van der Waals surface area contributed by atoms with Gasteiger partial charge in [0.25, 0.3) is 5.56 Å². The van der Waals surface area contributed by atoms with Crippen molar-refractivity contribution in [3.05, 3.63) is 27.4 Å². The zero-order chi connectivity index (χ0) is 29.5. The summed E-state index contributed by atoms with van der Waals surface area (Å²) in [6.07, 6.45) is 6.56. The zero-order valence-electron chi connectivity index (χ0n) is 25.3. The monoisotopic (exact) mass is 621 g/mol. The van der Waals surface area contributed by atoms with Gasteiger partial charge in [-0.3, -0.25) is 19.1 Å². The number of ether oxygens (including phenoxy) is 1. The van der Waals surface area contributed by atoms with Crippen molar-refractivity contribution in [1.29, 1.82) is 0 Å². The van der Waals surface area contributed by atoms with Crippen molar-refractivity contribution in [1.82, 2.24) is 24.7 Å². The topological polar surface area (TPSA) is 99.9 Å². The number of alkyl halides is 1. The van der Waals surface area contributed by atoms with Gasteiger partial charge in [-0.2, -0.15) is 11.8 Å². The molecule has 9 nitrogen and oxygen atoms in total. The third kappa shape index (κ3) is 6.31. The third-order valence-electron chi connectivity index (χ3n) is 10.8. The Morgan fingerprint density at radius 1 is 1.17 bits per heavy atom. The number of aliphatic carboxylic acids is 1. The predicted octanol–water partition coefficient (Wildman–Crippen LogP) is 2.63. The molecule has 11 heteroatoms. The fourth-order valence-corrected chi connectivity index (χ4v) is 10.6. The Bertz CT molecular complexity index is 1190. The standard InChI is InChI=1S/C31H48ClN5O4S/c1-18-14-23(29-28(33-18)25(17-42-29)31(39)40)22-15-20(32)4-7-27(22)41-13-12-37-19(2)34-26-6-5-21(16-24(26)30(37)38)36-10-8-35(3)9-11-36/h18,20-23,25,27-29,33H,4-17H2,1-3H3,(H,39,40). The van der Waals surface area contributed by atoms with Gasteiger partial charge in [-0.25, -0.2) is 4.98 Å². The number of piperazine rings is 1. The minimum Gasteiger partial charge on any atom is -0.481 e. The molecule has 3 saturated heterocycles. The maximum absolute atomic E-state index is 13.8. The normalized spacial score (nSPS) is 37.8. The molecule has 3 aliphatic heterocycles. The van der Waals surface area contributed by atoms with Crippen LogP contribution in [0, 0.1) is 24.7 Å². The molecule has 9 unspecified atom stereocenters. The number of carboxylic acids is 1. The zero-order valence-corrected chi connectivity index (χ0v) is 26.9. The number of halogens is 1. The number of nitrogens with zero attached hydrogens (tertiary/aromatic N) is 4. The van der Waals surface area contributed by atoms with E-state index in [0.29, 0.717) is 36.8 Å². The van der Waals surface area contributed by atoms with Crippen LogP contribution in [-0.2, 0) is 28.9 Å². The van der Waals surface area contributed by atoms with Gasteiger partial charge in [0, 0.05) is 66.2 Å². The van der Waals surface area contributed by atoms with Gasteiger partial charge >= 0.3 is 5.97 Å². The molecule has 5 aliphatic rings. The molecule has 0 bridgehead atoms. The van der Waals surface area contributed by atoms with Crippen molar-refractivity contribution in [3.63, 3.8) is 0 Å². The van der Waals surface area contributed by atoms with Gasteiger partial charge < -0.3 is 20.1 Å². The number of aryl methyl sites for hydroxylation is 2. The number of aromatic nitrogens is 2. The van der Waals surface area contributed by atoms with Crippen LogP contribution in [0.4, 0.5) is 0 Å². The first-order chi connectivity index (χ1) is 20.2. The molecule has 0 aromatic carbocycles. The summed E-state index contributed by atoms with van der Waals surface area (Å²) in [5, 5.41) is 13.8. The molecule has 234 valence electrons. The SMILES string of the molecule is Cc1nc2c(c(=O)n1CCOC1CCC(Cl)CC1C1CC(C)NC3C(C(=O)O)CSC13)CC(N1CCN(C)CC1)CC2. The van der Waals surface area contributed by atoms with E-state index in [9.17, 15) is 14.7 Å². The van der Waals surface area contributed by atoms with Crippen LogP contribution >= 0.6 is 23.4 Å². The lowest BCUT2D eigenvalue weighted by atomic mass is 9.70. The Hall–Kier alpha value is -1.17. The summed E-state index contributed by atoms with van der Waals surface area (Å²) < 4.78 is 8.47. The van der Waals surface area contributed by atoms with Gasteiger partial charge in [0.2, 0.25) is 0 Å². The second-order valence-corrected chi connectivity index (χ2v) is 15.3. The van der Waals surface area contributed by atoms with Gasteiger partial charge in [-0.1, -0.05) is 0 Å². The molecular formula is C31H48ClN5O4S. The number of fused-ring (bicyclic) bond motifs is 2. The second kappa shape index (κ2) is 13.1. The number of piperidine rings is 1. The van der Waals surface area contributed by atoms with E-state index in [1.54, 1.807) is 0 Å². The van der Waals surface area contributed by atoms with Crippen LogP contribution in [-0.4, -0.2) is 111 Å². The Morgan fingerprint density at radius 3 is 2.71 bits per heavy atom. The molecule has 4 heterocycles. The molecule has 0 spiro atoms. The van der Waals surface area contributed by atoms with Crippen molar-refractivity contribution >= 4 is 29.3 Å². The van der Waals surface area contributed by atoms with E-state index >= 15 is 0 Å². The largest absolute Gasteiger partial charge is 0.481 e. The first-order valence-corrected chi connectivity index (χ1v) is 17.6. The van der Waals surface area contributed by atoms with Gasteiger partial charge in [0.05, 0.1) is 30.9 Å². The number of hydrogen-bond donors (Lipinski definition) is 2. The molecule has 1 aromatic rings. The lowest BCUT2D eigenvalue weighted by molar-refractivity contribution is -0.142. The molecule has 1 saturated carbocycles. The first-order valence-electron chi connectivity index (χ1n) is 16.1. The summed E-state index contributed by atoms with van der Waals surface area (Å²) in [4.78, 5) is 35.6. The number of rotatable bonds is 7. The molecule has 6 rings (SSSR count). The highest BCUT2D eigenvalue weighted by atomic mass is 35.5. The summed E-state index contributed by atoms with van der Waals surface area (Å²) >= 11 is 8.55. The van der Waals surface area contributed by atoms with Crippen molar-refractivity contribution in [2.24, 2.45) is 17.8 Å². The van der Waals surface area contributed by atoms with E-state index in [1.807, 2.05) is 23.3 Å². The minimum atomic E-state index is -0.698. The maximum Gasteiger partial charge on any atom is 0.308 e. The number of hydrogen-bond acceptors (Lipinski definition) is 8.